The Balaban J connectivity index is 1.88. The van der Waals surface area contributed by atoms with Crippen LogP contribution in [0, 0.1) is 0 Å². The predicted octanol–water partition coefficient (Wildman–Crippen LogP) is 1.67. The number of benzene rings is 2. The fourth-order valence-corrected chi connectivity index (χ4v) is 1.83. The molecular weight excluding hydrogens is 298 g/mol. The molecule has 0 aliphatic rings. The molecule has 0 aliphatic carbocycles. The first kappa shape index (κ1) is 16.2. The molecule has 120 valence electrons. The smallest absolute Gasteiger partial charge is 0.259 e. The molecule has 2 aromatic carbocycles. The maximum Gasteiger partial charge on any atom is 0.259 e. The van der Waals surface area contributed by atoms with Gasteiger partial charge in [0.1, 0.15) is 5.75 Å². The van der Waals surface area contributed by atoms with Gasteiger partial charge < -0.3 is 20.3 Å². The Morgan fingerprint density at radius 2 is 2.00 bits per heavy atom. The van der Waals surface area contributed by atoms with Crippen molar-refractivity contribution in [2.75, 3.05) is 19.0 Å². The number of carbonyl (C=O) groups is 1. The third kappa shape index (κ3) is 4.37. The van der Waals surface area contributed by atoms with Gasteiger partial charge in [-0.3, -0.25) is 4.79 Å². The molecule has 2 aromatic rings. The molecule has 7 heteroatoms. The summed E-state index contributed by atoms with van der Waals surface area (Å²) in [6.07, 6.45) is 1.25. The molecule has 0 aliphatic heterocycles. The van der Waals surface area contributed by atoms with Gasteiger partial charge >= 0.3 is 0 Å². The average Bonchev–Trinajstić information content (AvgIpc) is 2.57. The first-order valence-electron chi connectivity index (χ1n) is 6.81. The maximum atomic E-state index is 11.7. The number of nitrogens with zero attached hydrogens (tertiary/aromatic N) is 1. The number of phenols is 2. The molecule has 0 bridgehead atoms. The van der Waals surface area contributed by atoms with Gasteiger partial charge in [-0.1, -0.05) is 18.2 Å². The molecule has 1 amide bonds. The van der Waals surface area contributed by atoms with E-state index in [1.165, 1.54) is 12.3 Å². The van der Waals surface area contributed by atoms with Crippen molar-refractivity contribution >= 4 is 17.8 Å². The molecule has 0 saturated carbocycles. The van der Waals surface area contributed by atoms with Gasteiger partial charge in [-0.15, -0.1) is 0 Å². The minimum absolute atomic E-state index is 0.00371. The zero-order chi connectivity index (χ0) is 16.7. The van der Waals surface area contributed by atoms with E-state index in [9.17, 15) is 15.0 Å². The number of ether oxygens (including phenoxy) is 1. The Labute approximate surface area is 133 Å². The van der Waals surface area contributed by atoms with E-state index >= 15 is 0 Å². The Morgan fingerprint density at radius 1 is 1.22 bits per heavy atom. The number of hydrogen-bond acceptors (Lipinski definition) is 6. The second-order valence-electron chi connectivity index (χ2n) is 4.56. The summed E-state index contributed by atoms with van der Waals surface area (Å²) >= 11 is 0. The number of anilines is 1. The lowest BCUT2D eigenvalue weighted by Gasteiger charge is -2.09. The van der Waals surface area contributed by atoms with Gasteiger partial charge in [0.2, 0.25) is 0 Å². The molecule has 4 N–H and O–H groups in total. The van der Waals surface area contributed by atoms with Crippen LogP contribution >= 0.6 is 0 Å². The number of hydrogen-bond donors (Lipinski definition) is 4. The topological polar surface area (TPSA) is 103 Å². The number of aromatic hydroxyl groups is 2. The lowest BCUT2D eigenvalue weighted by atomic mass is 10.2. The molecule has 2 rings (SSSR count). The summed E-state index contributed by atoms with van der Waals surface area (Å²) in [6.45, 7) is 0.00371. The number of para-hydroxylation sites is 3. The minimum atomic E-state index is -0.369. The molecule has 0 aromatic heterocycles. The van der Waals surface area contributed by atoms with Crippen molar-refractivity contribution in [3.05, 3.63) is 48.0 Å². The zero-order valence-electron chi connectivity index (χ0n) is 12.5. The lowest BCUT2D eigenvalue weighted by molar-refractivity contribution is -0.119. The normalized spacial score (nSPS) is 10.5. The fourth-order valence-electron chi connectivity index (χ4n) is 1.83. The molecule has 0 spiro atoms. The molecule has 0 heterocycles. The summed E-state index contributed by atoms with van der Waals surface area (Å²) in [5.74, 6) is -0.281. The van der Waals surface area contributed by atoms with E-state index in [1.54, 1.807) is 31.4 Å². The van der Waals surface area contributed by atoms with Crippen LogP contribution in [0.3, 0.4) is 0 Å². The van der Waals surface area contributed by atoms with Crippen LogP contribution in [-0.2, 0) is 4.79 Å². The number of hydrazone groups is 1. The van der Waals surface area contributed by atoms with E-state index in [0.29, 0.717) is 17.0 Å². The van der Waals surface area contributed by atoms with Crippen molar-refractivity contribution in [2.24, 2.45) is 5.10 Å². The Bertz CT molecular complexity index is 716. The summed E-state index contributed by atoms with van der Waals surface area (Å²) in [4.78, 5) is 11.7. The third-order valence-corrected chi connectivity index (χ3v) is 2.99. The van der Waals surface area contributed by atoms with Crippen molar-refractivity contribution in [3.63, 3.8) is 0 Å². The maximum absolute atomic E-state index is 11.7. The molecule has 0 radical (unpaired) electrons. The SMILES string of the molecule is COc1ccccc1NCC(=O)N/N=C/c1cccc(O)c1O. The molecule has 0 atom stereocenters. The number of methoxy groups -OCH3 is 1. The summed E-state index contributed by atoms with van der Waals surface area (Å²) in [6, 6.07) is 11.7. The van der Waals surface area contributed by atoms with Crippen LogP contribution in [0.5, 0.6) is 17.2 Å². The summed E-state index contributed by atoms with van der Waals surface area (Å²) in [5.41, 5.74) is 3.31. The largest absolute Gasteiger partial charge is 0.504 e. The molecule has 23 heavy (non-hydrogen) atoms. The highest BCUT2D eigenvalue weighted by Crippen LogP contribution is 2.26. The predicted molar refractivity (Wildman–Crippen MR) is 87.0 cm³/mol. The highest BCUT2D eigenvalue weighted by Gasteiger charge is 2.05. The Hall–Kier alpha value is -3.22. The van der Waals surface area contributed by atoms with E-state index in [1.807, 2.05) is 12.1 Å². The van der Waals surface area contributed by atoms with Crippen molar-refractivity contribution in [1.82, 2.24) is 5.43 Å². The van der Waals surface area contributed by atoms with E-state index in [4.69, 9.17) is 4.74 Å². The first-order valence-corrected chi connectivity index (χ1v) is 6.81. The van der Waals surface area contributed by atoms with E-state index in [-0.39, 0.29) is 24.0 Å². The van der Waals surface area contributed by atoms with E-state index < -0.39 is 0 Å². The van der Waals surface area contributed by atoms with Gasteiger partial charge in [-0.2, -0.15) is 5.10 Å². The molecule has 0 saturated heterocycles. The Kier molecular flexibility index (Phi) is 5.40. The zero-order valence-corrected chi connectivity index (χ0v) is 12.5. The summed E-state index contributed by atoms with van der Waals surface area (Å²) in [7, 11) is 1.55. The summed E-state index contributed by atoms with van der Waals surface area (Å²) < 4.78 is 5.17. The van der Waals surface area contributed by atoms with Crippen LogP contribution in [0.25, 0.3) is 0 Å². The fraction of sp³-hybridized carbons (Fsp3) is 0.125. The monoisotopic (exact) mass is 315 g/mol. The number of carbonyl (C=O) groups excluding carboxylic acids is 1. The third-order valence-electron chi connectivity index (χ3n) is 2.99. The van der Waals surface area contributed by atoms with Crippen LogP contribution in [0.1, 0.15) is 5.56 Å². The highest BCUT2D eigenvalue weighted by molar-refractivity contribution is 5.87. The van der Waals surface area contributed by atoms with Gasteiger partial charge in [0.05, 0.1) is 25.6 Å². The van der Waals surface area contributed by atoms with Crippen LogP contribution in [0.2, 0.25) is 0 Å². The number of amides is 1. The molecular formula is C16H17N3O4. The summed E-state index contributed by atoms with van der Waals surface area (Å²) in [5, 5.41) is 25.6. The number of rotatable bonds is 6. The van der Waals surface area contributed by atoms with Crippen molar-refractivity contribution in [2.45, 2.75) is 0 Å². The van der Waals surface area contributed by atoms with Crippen molar-refractivity contribution in [3.8, 4) is 17.2 Å². The van der Waals surface area contributed by atoms with Crippen LogP contribution < -0.4 is 15.5 Å². The lowest BCUT2D eigenvalue weighted by Crippen LogP contribution is -2.26. The minimum Gasteiger partial charge on any atom is -0.504 e. The van der Waals surface area contributed by atoms with Gasteiger partial charge in [0, 0.05) is 5.56 Å². The Morgan fingerprint density at radius 3 is 2.78 bits per heavy atom. The molecule has 0 unspecified atom stereocenters. The van der Waals surface area contributed by atoms with Crippen molar-refractivity contribution in [1.29, 1.82) is 0 Å². The molecule has 7 nitrogen and oxygen atoms in total. The second-order valence-corrected chi connectivity index (χ2v) is 4.56. The van der Waals surface area contributed by atoms with E-state index in [2.05, 4.69) is 15.8 Å². The van der Waals surface area contributed by atoms with Crippen LogP contribution in [-0.4, -0.2) is 36.0 Å². The average molecular weight is 315 g/mol. The van der Waals surface area contributed by atoms with Gasteiger partial charge in [-0.25, -0.2) is 5.43 Å². The number of phenolic OH excluding ortho intramolecular Hbond substituents is 2. The highest BCUT2D eigenvalue weighted by atomic mass is 16.5. The number of nitrogens with one attached hydrogen (secondary N) is 2. The second kappa shape index (κ2) is 7.69. The molecule has 0 fully saturated rings. The van der Waals surface area contributed by atoms with Crippen LogP contribution in [0.4, 0.5) is 5.69 Å². The van der Waals surface area contributed by atoms with E-state index in [0.717, 1.165) is 0 Å². The standard InChI is InChI=1S/C16H17N3O4/c1-23-14-8-3-2-6-12(14)17-10-15(21)19-18-9-11-5-4-7-13(20)16(11)22/h2-9,17,20,22H,10H2,1H3,(H,19,21)/b18-9+. The van der Waals surface area contributed by atoms with Crippen LogP contribution in [0.15, 0.2) is 47.6 Å². The van der Waals surface area contributed by atoms with Gasteiger partial charge in [-0.05, 0) is 24.3 Å². The van der Waals surface area contributed by atoms with Gasteiger partial charge in [0.25, 0.3) is 5.91 Å². The van der Waals surface area contributed by atoms with Crippen molar-refractivity contribution < 1.29 is 19.7 Å². The first-order chi connectivity index (χ1) is 11.1. The quantitative estimate of drug-likeness (QED) is 0.369. The van der Waals surface area contributed by atoms with Gasteiger partial charge in [0.15, 0.2) is 11.5 Å².